The van der Waals surface area contributed by atoms with Crippen molar-refractivity contribution in [3.8, 4) is 5.75 Å². The molecule has 1 fully saturated rings. The minimum atomic E-state index is -1.96. The Labute approximate surface area is 161 Å². The Bertz CT molecular complexity index is 653. The van der Waals surface area contributed by atoms with E-state index in [0.717, 1.165) is 12.8 Å². The van der Waals surface area contributed by atoms with Gasteiger partial charge in [0, 0.05) is 5.56 Å². The summed E-state index contributed by atoms with van der Waals surface area (Å²) in [6.07, 6.45) is 3.21. The smallest absolute Gasteiger partial charge is 0.327 e. The van der Waals surface area contributed by atoms with Crippen LogP contribution >= 0.6 is 0 Å². The summed E-state index contributed by atoms with van der Waals surface area (Å²) in [5, 5.41) is 21.9. The minimum absolute atomic E-state index is 0.147. The van der Waals surface area contributed by atoms with Crippen LogP contribution in [-0.2, 0) is 4.79 Å². The number of ether oxygens (including phenoxy) is 1. The summed E-state index contributed by atoms with van der Waals surface area (Å²) in [5.74, 6) is -1.04. The van der Waals surface area contributed by atoms with Gasteiger partial charge in [-0.05, 0) is 69.5 Å². The number of aliphatic carboxylic acids is 1. The van der Waals surface area contributed by atoms with E-state index in [1.165, 1.54) is 7.11 Å². The van der Waals surface area contributed by atoms with Crippen molar-refractivity contribution in [2.24, 2.45) is 0 Å². The van der Waals surface area contributed by atoms with E-state index in [1.807, 2.05) is 18.7 Å². The Hall–Kier alpha value is -1.92. The summed E-state index contributed by atoms with van der Waals surface area (Å²) in [4.78, 5) is 27.7. The van der Waals surface area contributed by atoms with Gasteiger partial charge in [0.15, 0.2) is 16.9 Å². The molecular weight excluding hydrogens is 346 g/mol. The molecule has 1 aromatic rings. The number of methoxy groups -OCH3 is 1. The number of carbonyl (C=O) groups is 2. The molecule has 1 saturated carbocycles. The highest BCUT2D eigenvalue weighted by molar-refractivity contribution is 6.07. The van der Waals surface area contributed by atoms with E-state index in [-0.39, 0.29) is 12.8 Å². The standard InChI is InChI=1S/C21H31NO5/c1-4-14-22(15-5-2)20(19(24)25)12-6-7-13-21(20,26)18(23)16-8-10-17(27-3)11-9-16/h8-11,26H,4-7,12-15H2,1-3H3,(H,24,25). The number of Topliss-reactive ketones (excluding diaryl/α,β-unsaturated/α-hetero) is 1. The first-order chi connectivity index (χ1) is 12.9. The predicted molar refractivity (Wildman–Crippen MR) is 103 cm³/mol. The third-order valence-corrected chi connectivity index (χ3v) is 5.62. The van der Waals surface area contributed by atoms with E-state index < -0.39 is 22.9 Å². The number of aliphatic hydroxyl groups is 1. The topological polar surface area (TPSA) is 87.1 Å². The summed E-state index contributed by atoms with van der Waals surface area (Å²) in [6.45, 7) is 5.01. The number of nitrogens with zero attached hydrogens (tertiary/aromatic N) is 1. The molecule has 0 aliphatic heterocycles. The first-order valence-electron chi connectivity index (χ1n) is 9.77. The van der Waals surface area contributed by atoms with Gasteiger partial charge >= 0.3 is 5.97 Å². The highest BCUT2D eigenvalue weighted by Crippen LogP contribution is 2.44. The van der Waals surface area contributed by atoms with E-state index in [4.69, 9.17) is 4.74 Å². The zero-order valence-electron chi connectivity index (χ0n) is 16.5. The van der Waals surface area contributed by atoms with Crippen molar-refractivity contribution in [1.82, 2.24) is 4.90 Å². The molecular formula is C21H31NO5. The first-order valence-corrected chi connectivity index (χ1v) is 9.77. The SMILES string of the molecule is CCCN(CCC)C1(C(=O)O)CCCCC1(O)C(=O)c1ccc(OC)cc1. The van der Waals surface area contributed by atoms with Crippen LogP contribution in [0.15, 0.2) is 24.3 Å². The Kier molecular flexibility index (Phi) is 7.00. The zero-order valence-corrected chi connectivity index (χ0v) is 16.5. The summed E-state index contributed by atoms with van der Waals surface area (Å²) < 4.78 is 5.12. The molecule has 0 aromatic heterocycles. The van der Waals surface area contributed by atoms with E-state index in [1.54, 1.807) is 24.3 Å². The summed E-state index contributed by atoms with van der Waals surface area (Å²) >= 11 is 0. The van der Waals surface area contributed by atoms with Crippen molar-refractivity contribution in [3.63, 3.8) is 0 Å². The fourth-order valence-corrected chi connectivity index (χ4v) is 4.33. The van der Waals surface area contributed by atoms with Gasteiger partial charge in [-0.2, -0.15) is 0 Å². The largest absolute Gasteiger partial charge is 0.497 e. The molecule has 0 spiro atoms. The molecule has 2 unspecified atom stereocenters. The van der Waals surface area contributed by atoms with Crippen molar-refractivity contribution in [1.29, 1.82) is 0 Å². The van der Waals surface area contributed by atoms with Crippen LogP contribution < -0.4 is 4.74 Å². The molecule has 2 rings (SSSR count). The molecule has 1 aliphatic rings. The molecule has 6 heteroatoms. The van der Waals surface area contributed by atoms with Crippen LogP contribution in [0.5, 0.6) is 5.75 Å². The van der Waals surface area contributed by atoms with E-state index >= 15 is 0 Å². The second-order valence-corrected chi connectivity index (χ2v) is 7.28. The average molecular weight is 377 g/mol. The van der Waals surface area contributed by atoms with Gasteiger partial charge in [-0.25, -0.2) is 0 Å². The highest BCUT2D eigenvalue weighted by Gasteiger charge is 2.64. The number of carbonyl (C=O) groups excluding carboxylic acids is 1. The Morgan fingerprint density at radius 2 is 1.63 bits per heavy atom. The first kappa shape index (κ1) is 21.4. The van der Waals surface area contributed by atoms with Crippen molar-refractivity contribution < 1.29 is 24.5 Å². The molecule has 2 N–H and O–H groups in total. The normalized spacial score (nSPS) is 25.4. The van der Waals surface area contributed by atoms with Crippen LogP contribution in [0.3, 0.4) is 0 Å². The van der Waals surface area contributed by atoms with Crippen molar-refractivity contribution in [2.75, 3.05) is 20.2 Å². The number of hydrogen-bond donors (Lipinski definition) is 2. The number of carboxylic acid groups (broad SMARTS) is 1. The number of rotatable bonds is 9. The molecule has 6 nitrogen and oxygen atoms in total. The third-order valence-electron chi connectivity index (χ3n) is 5.62. The van der Waals surface area contributed by atoms with Crippen molar-refractivity contribution >= 4 is 11.8 Å². The Morgan fingerprint density at radius 1 is 1.07 bits per heavy atom. The lowest BCUT2D eigenvalue weighted by Crippen LogP contribution is -2.73. The minimum Gasteiger partial charge on any atom is -0.497 e. The molecule has 1 aliphatic carbocycles. The predicted octanol–water partition coefficient (Wildman–Crippen LogP) is 3.13. The number of ketones is 1. The average Bonchev–Trinajstić information content (AvgIpc) is 2.67. The van der Waals surface area contributed by atoms with Gasteiger partial charge in [-0.15, -0.1) is 0 Å². The lowest BCUT2D eigenvalue weighted by Gasteiger charge is -2.52. The van der Waals surface area contributed by atoms with Gasteiger partial charge in [0.2, 0.25) is 0 Å². The van der Waals surface area contributed by atoms with Gasteiger partial charge < -0.3 is 14.9 Å². The highest BCUT2D eigenvalue weighted by atomic mass is 16.5. The summed E-state index contributed by atoms with van der Waals surface area (Å²) in [6, 6.07) is 6.48. The molecule has 27 heavy (non-hydrogen) atoms. The lowest BCUT2D eigenvalue weighted by molar-refractivity contribution is -0.176. The maximum atomic E-state index is 13.4. The fraction of sp³-hybridized carbons (Fsp3) is 0.619. The zero-order chi connectivity index (χ0) is 20.1. The van der Waals surface area contributed by atoms with E-state index in [9.17, 15) is 19.8 Å². The number of benzene rings is 1. The van der Waals surface area contributed by atoms with Crippen LogP contribution in [0.1, 0.15) is 62.7 Å². The fourth-order valence-electron chi connectivity index (χ4n) is 4.33. The second kappa shape index (κ2) is 8.85. The van der Waals surface area contributed by atoms with E-state index in [0.29, 0.717) is 37.2 Å². The monoisotopic (exact) mass is 377 g/mol. The number of carboxylic acids is 1. The molecule has 0 amide bonds. The van der Waals surface area contributed by atoms with Crippen LogP contribution in [0.2, 0.25) is 0 Å². The Morgan fingerprint density at radius 3 is 2.11 bits per heavy atom. The van der Waals surface area contributed by atoms with Gasteiger partial charge in [-0.3, -0.25) is 14.5 Å². The molecule has 1 aromatic carbocycles. The molecule has 0 radical (unpaired) electrons. The van der Waals surface area contributed by atoms with E-state index in [2.05, 4.69) is 0 Å². The maximum absolute atomic E-state index is 13.4. The Balaban J connectivity index is 2.55. The quantitative estimate of drug-likeness (QED) is 0.643. The van der Waals surface area contributed by atoms with Crippen molar-refractivity contribution in [2.45, 2.75) is 63.5 Å². The maximum Gasteiger partial charge on any atom is 0.327 e. The molecule has 150 valence electrons. The molecule has 0 heterocycles. The van der Waals surface area contributed by atoms with Crippen LogP contribution in [-0.4, -0.2) is 58.2 Å². The third kappa shape index (κ3) is 3.73. The van der Waals surface area contributed by atoms with Crippen LogP contribution in [0, 0.1) is 0 Å². The summed E-state index contributed by atoms with van der Waals surface area (Å²) in [5.41, 5.74) is -3.26. The van der Waals surface area contributed by atoms with Gasteiger partial charge in [0.25, 0.3) is 0 Å². The molecule has 0 bridgehead atoms. The van der Waals surface area contributed by atoms with Gasteiger partial charge in [-0.1, -0.05) is 20.3 Å². The van der Waals surface area contributed by atoms with Crippen LogP contribution in [0.4, 0.5) is 0 Å². The number of hydrogen-bond acceptors (Lipinski definition) is 5. The van der Waals surface area contributed by atoms with Crippen LogP contribution in [0.25, 0.3) is 0 Å². The molecule has 2 atom stereocenters. The molecule has 0 saturated heterocycles. The second-order valence-electron chi connectivity index (χ2n) is 7.28. The van der Waals surface area contributed by atoms with Crippen molar-refractivity contribution in [3.05, 3.63) is 29.8 Å². The lowest BCUT2D eigenvalue weighted by atomic mass is 9.64. The van der Waals surface area contributed by atoms with Gasteiger partial charge in [0.1, 0.15) is 5.75 Å². The summed E-state index contributed by atoms with van der Waals surface area (Å²) in [7, 11) is 1.54. The van der Waals surface area contributed by atoms with Gasteiger partial charge in [0.05, 0.1) is 7.11 Å².